The van der Waals surface area contributed by atoms with E-state index in [0.717, 1.165) is 11.5 Å². The molecule has 0 heterocycles. The van der Waals surface area contributed by atoms with E-state index in [9.17, 15) is 0 Å². The van der Waals surface area contributed by atoms with E-state index < -0.39 is 0 Å². The minimum absolute atomic E-state index is 0.549. The standard InChI is InChI=1S/C10H16N2O2/c1-12(11)7-8-14-10-6-4-3-5-9(10)13-2/h3-6H,7-8,11H2,1-2H3. The molecule has 0 amide bonds. The summed E-state index contributed by atoms with van der Waals surface area (Å²) in [7, 11) is 3.42. The van der Waals surface area contributed by atoms with Crippen LogP contribution in [-0.2, 0) is 0 Å². The SMILES string of the molecule is COc1ccccc1OCCN(C)N. The van der Waals surface area contributed by atoms with Crippen molar-refractivity contribution in [2.24, 2.45) is 5.84 Å². The van der Waals surface area contributed by atoms with Gasteiger partial charge in [0.25, 0.3) is 0 Å². The molecule has 78 valence electrons. The first-order valence-electron chi connectivity index (χ1n) is 4.45. The van der Waals surface area contributed by atoms with Crippen molar-refractivity contribution in [2.45, 2.75) is 0 Å². The van der Waals surface area contributed by atoms with E-state index in [0.29, 0.717) is 13.2 Å². The third-order valence-corrected chi connectivity index (χ3v) is 1.77. The van der Waals surface area contributed by atoms with Crippen LogP contribution in [0.5, 0.6) is 11.5 Å². The molecule has 0 fully saturated rings. The summed E-state index contributed by atoms with van der Waals surface area (Å²) in [6.07, 6.45) is 0. The molecule has 0 spiro atoms. The summed E-state index contributed by atoms with van der Waals surface area (Å²) in [5.41, 5.74) is 0. The highest BCUT2D eigenvalue weighted by molar-refractivity contribution is 5.39. The van der Waals surface area contributed by atoms with Crippen LogP contribution in [0.3, 0.4) is 0 Å². The first-order chi connectivity index (χ1) is 6.74. The predicted molar refractivity (Wildman–Crippen MR) is 55.3 cm³/mol. The lowest BCUT2D eigenvalue weighted by atomic mass is 10.3. The molecule has 0 aliphatic carbocycles. The van der Waals surface area contributed by atoms with Gasteiger partial charge in [-0.1, -0.05) is 12.1 Å². The Morgan fingerprint density at radius 2 is 1.93 bits per heavy atom. The minimum Gasteiger partial charge on any atom is -0.493 e. The van der Waals surface area contributed by atoms with Gasteiger partial charge < -0.3 is 9.47 Å². The van der Waals surface area contributed by atoms with Gasteiger partial charge in [0.05, 0.1) is 7.11 Å². The average molecular weight is 196 g/mol. The normalized spacial score (nSPS) is 10.3. The van der Waals surface area contributed by atoms with Gasteiger partial charge in [-0.3, -0.25) is 5.84 Å². The Balaban J connectivity index is 2.49. The molecule has 0 aromatic heterocycles. The second-order valence-electron chi connectivity index (χ2n) is 2.98. The second-order valence-corrected chi connectivity index (χ2v) is 2.98. The Bertz CT molecular complexity index is 277. The van der Waals surface area contributed by atoms with Crippen molar-refractivity contribution in [1.29, 1.82) is 0 Å². The maximum Gasteiger partial charge on any atom is 0.161 e. The summed E-state index contributed by atoms with van der Waals surface area (Å²) >= 11 is 0. The number of para-hydroxylation sites is 2. The quantitative estimate of drug-likeness (QED) is 0.561. The van der Waals surface area contributed by atoms with E-state index in [-0.39, 0.29) is 0 Å². The van der Waals surface area contributed by atoms with Gasteiger partial charge in [0, 0.05) is 13.6 Å². The number of rotatable bonds is 5. The summed E-state index contributed by atoms with van der Waals surface area (Å²) in [6.45, 7) is 1.23. The number of likely N-dealkylation sites (N-methyl/N-ethyl adjacent to an activating group) is 1. The monoisotopic (exact) mass is 196 g/mol. The van der Waals surface area contributed by atoms with Crippen LogP contribution in [-0.4, -0.2) is 32.3 Å². The number of nitrogens with zero attached hydrogens (tertiary/aromatic N) is 1. The summed E-state index contributed by atoms with van der Waals surface area (Å²) in [4.78, 5) is 0. The fourth-order valence-corrected chi connectivity index (χ4v) is 1.04. The minimum atomic E-state index is 0.549. The largest absolute Gasteiger partial charge is 0.493 e. The van der Waals surface area contributed by atoms with Gasteiger partial charge in [-0.25, -0.2) is 5.01 Å². The van der Waals surface area contributed by atoms with Gasteiger partial charge in [-0.05, 0) is 12.1 Å². The van der Waals surface area contributed by atoms with Crippen LogP contribution in [0.15, 0.2) is 24.3 Å². The van der Waals surface area contributed by atoms with Crippen LogP contribution in [0.25, 0.3) is 0 Å². The lowest BCUT2D eigenvalue weighted by molar-refractivity contribution is 0.233. The van der Waals surface area contributed by atoms with E-state index in [1.165, 1.54) is 0 Å². The maximum absolute atomic E-state index is 5.49. The summed E-state index contributed by atoms with van der Waals surface area (Å²) in [6, 6.07) is 7.54. The Morgan fingerprint density at radius 1 is 1.29 bits per heavy atom. The summed E-state index contributed by atoms with van der Waals surface area (Å²) in [5, 5.41) is 1.58. The molecule has 1 rings (SSSR count). The third-order valence-electron chi connectivity index (χ3n) is 1.77. The average Bonchev–Trinajstić information content (AvgIpc) is 2.18. The lowest BCUT2D eigenvalue weighted by Gasteiger charge is -2.12. The fourth-order valence-electron chi connectivity index (χ4n) is 1.04. The predicted octanol–water partition coefficient (Wildman–Crippen LogP) is 0.879. The Labute approximate surface area is 84.2 Å². The highest BCUT2D eigenvalue weighted by Crippen LogP contribution is 2.25. The molecule has 0 radical (unpaired) electrons. The first kappa shape index (κ1) is 10.8. The Kier molecular flexibility index (Phi) is 4.22. The Hall–Kier alpha value is -1.26. The summed E-state index contributed by atoms with van der Waals surface area (Å²) < 4.78 is 10.6. The lowest BCUT2D eigenvalue weighted by Crippen LogP contribution is -2.30. The van der Waals surface area contributed by atoms with Gasteiger partial charge >= 0.3 is 0 Å². The molecule has 4 nitrogen and oxygen atoms in total. The first-order valence-corrected chi connectivity index (χ1v) is 4.45. The van der Waals surface area contributed by atoms with Crippen molar-refractivity contribution in [2.75, 3.05) is 27.3 Å². The number of hydrogen-bond donors (Lipinski definition) is 1. The van der Waals surface area contributed by atoms with Crippen molar-refractivity contribution >= 4 is 0 Å². The molecule has 4 heteroatoms. The molecule has 0 atom stereocenters. The molecule has 2 N–H and O–H groups in total. The van der Waals surface area contributed by atoms with Crippen LogP contribution in [0, 0.1) is 0 Å². The van der Waals surface area contributed by atoms with E-state index >= 15 is 0 Å². The smallest absolute Gasteiger partial charge is 0.161 e. The fraction of sp³-hybridized carbons (Fsp3) is 0.400. The highest BCUT2D eigenvalue weighted by Gasteiger charge is 2.01. The van der Waals surface area contributed by atoms with Gasteiger partial charge in [0.2, 0.25) is 0 Å². The van der Waals surface area contributed by atoms with Crippen LogP contribution in [0.4, 0.5) is 0 Å². The van der Waals surface area contributed by atoms with E-state index in [2.05, 4.69) is 0 Å². The van der Waals surface area contributed by atoms with Crippen LogP contribution < -0.4 is 15.3 Å². The molecule has 1 aromatic rings. The zero-order valence-electron chi connectivity index (χ0n) is 8.56. The van der Waals surface area contributed by atoms with E-state index in [1.807, 2.05) is 24.3 Å². The van der Waals surface area contributed by atoms with Crippen molar-refractivity contribution in [3.05, 3.63) is 24.3 Å². The van der Waals surface area contributed by atoms with Crippen molar-refractivity contribution < 1.29 is 9.47 Å². The molecule has 0 aliphatic heterocycles. The van der Waals surface area contributed by atoms with E-state index in [1.54, 1.807) is 19.2 Å². The molecule has 14 heavy (non-hydrogen) atoms. The highest BCUT2D eigenvalue weighted by atomic mass is 16.5. The zero-order valence-corrected chi connectivity index (χ0v) is 8.56. The Morgan fingerprint density at radius 3 is 2.50 bits per heavy atom. The third kappa shape index (κ3) is 3.24. The van der Waals surface area contributed by atoms with Gasteiger partial charge in [-0.2, -0.15) is 0 Å². The molecule has 0 saturated carbocycles. The number of nitrogens with two attached hydrogens (primary N) is 1. The number of hydrogen-bond acceptors (Lipinski definition) is 4. The molecule has 0 aliphatic rings. The van der Waals surface area contributed by atoms with Crippen molar-refractivity contribution in [3.8, 4) is 11.5 Å². The number of methoxy groups -OCH3 is 1. The molecule has 0 unspecified atom stereocenters. The number of benzene rings is 1. The topological polar surface area (TPSA) is 47.7 Å². The van der Waals surface area contributed by atoms with Gasteiger partial charge in [0.15, 0.2) is 11.5 Å². The van der Waals surface area contributed by atoms with Crippen molar-refractivity contribution in [1.82, 2.24) is 5.01 Å². The van der Waals surface area contributed by atoms with Crippen molar-refractivity contribution in [3.63, 3.8) is 0 Å². The summed E-state index contributed by atoms with van der Waals surface area (Å²) in [5.74, 6) is 6.94. The zero-order chi connectivity index (χ0) is 10.4. The molecule has 0 saturated heterocycles. The molecular formula is C10H16N2O2. The van der Waals surface area contributed by atoms with Crippen LogP contribution in [0.2, 0.25) is 0 Å². The molecule has 1 aromatic carbocycles. The second kappa shape index (κ2) is 5.47. The number of hydrazine groups is 1. The van der Waals surface area contributed by atoms with Crippen LogP contribution >= 0.6 is 0 Å². The van der Waals surface area contributed by atoms with Gasteiger partial charge in [-0.15, -0.1) is 0 Å². The van der Waals surface area contributed by atoms with Crippen LogP contribution in [0.1, 0.15) is 0 Å². The van der Waals surface area contributed by atoms with Gasteiger partial charge in [0.1, 0.15) is 6.61 Å². The van der Waals surface area contributed by atoms with E-state index in [4.69, 9.17) is 15.3 Å². The maximum atomic E-state index is 5.49. The number of ether oxygens (including phenoxy) is 2. The molecular weight excluding hydrogens is 180 g/mol. The molecule has 0 bridgehead atoms.